The van der Waals surface area contributed by atoms with Crippen molar-refractivity contribution in [2.24, 2.45) is 5.92 Å². The van der Waals surface area contributed by atoms with Gasteiger partial charge in [0.2, 0.25) is 15.9 Å². The van der Waals surface area contributed by atoms with Gasteiger partial charge in [-0.15, -0.1) is 11.8 Å². The number of carbonyl (C=O) groups excluding carboxylic acids is 1. The van der Waals surface area contributed by atoms with Gasteiger partial charge in [-0.1, -0.05) is 26.0 Å². The van der Waals surface area contributed by atoms with Crippen LogP contribution in [0.1, 0.15) is 13.8 Å². The summed E-state index contributed by atoms with van der Waals surface area (Å²) in [4.78, 5) is 11.8. The molecule has 0 aliphatic carbocycles. The third kappa shape index (κ3) is 4.55. The Morgan fingerprint density at radius 3 is 2.40 bits per heavy atom. The number of sulfone groups is 1. The van der Waals surface area contributed by atoms with Gasteiger partial charge in [0.05, 0.1) is 10.8 Å². The Labute approximate surface area is 153 Å². The molecule has 1 amide bonds. The maximum atomic E-state index is 13.0. The highest BCUT2D eigenvalue weighted by Crippen LogP contribution is 2.31. The molecule has 1 unspecified atom stereocenters. The minimum atomic E-state index is -4.11. The minimum absolute atomic E-state index is 0.111. The Bertz CT molecular complexity index is 850. The van der Waals surface area contributed by atoms with Crippen molar-refractivity contribution in [3.63, 3.8) is 0 Å². The van der Waals surface area contributed by atoms with E-state index in [-0.39, 0.29) is 27.5 Å². The second-order valence-corrected chi connectivity index (χ2v) is 11.1. The van der Waals surface area contributed by atoms with Crippen molar-refractivity contribution >= 4 is 37.5 Å². The third-order valence-electron chi connectivity index (χ3n) is 3.66. The van der Waals surface area contributed by atoms with Gasteiger partial charge < -0.3 is 5.32 Å². The summed E-state index contributed by atoms with van der Waals surface area (Å²) in [6.07, 6.45) is 0.965. The third-order valence-corrected chi connectivity index (χ3v) is 8.04. The average molecular weight is 407 g/mol. The first-order valence-electron chi connectivity index (χ1n) is 7.71. The molecule has 1 aliphatic heterocycles. The van der Waals surface area contributed by atoms with Gasteiger partial charge in [0.1, 0.15) is 10.9 Å². The van der Waals surface area contributed by atoms with Crippen LogP contribution in [0.15, 0.2) is 34.1 Å². The summed E-state index contributed by atoms with van der Waals surface area (Å²) in [5.74, 6) is 0.331. The fourth-order valence-corrected chi connectivity index (χ4v) is 7.14. The van der Waals surface area contributed by atoms with Crippen LogP contribution in [0, 0.1) is 5.92 Å². The first kappa shape index (κ1) is 20.2. The van der Waals surface area contributed by atoms with Crippen molar-refractivity contribution in [1.29, 1.82) is 0 Å². The normalized spacial score (nSPS) is 19.3. The first-order chi connectivity index (χ1) is 11.5. The van der Waals surface area contributed by atoms with E-state index in [9.17, 15) is 21.6 Å². The smallest absolute Gasteiger partial charge is 0.245 e. The Morgan fingerprint density at radius 1 is 1.24 bits per heavy atom. The van der Waals surface area contributed by atoms with E-state index in [1.165, 1.54) is 36.0 Å². The van der Waals surface area contributed by atoms with E-state index in [0.717, 1.165) is 10.6 Å². The van der Waals surface area contributed by atoms with Crippen LogP contribution in [0.2, 0.25) is 0 Å². The van der Waals surface area contributed by atoms with Crippen LogP contribution >= 0.6 is 11.8 Å². The van der Waals surface area contributed by atoms with Crippen LogP contribution < -0.4 is 5.32 Å². The molecule has 1 fully saturated rings. The summed E-state index contributed by atoms with van der Waals surface area (Å²) in [6.45, 7) is 4.34. The summed E-state index contributed by atoms with van der Waals surface area (Å²) in [7, 11) is -7.83. The lowest BCUT2D eigenvalue weighted by atomic mass is 10.2. The number of hydrogen-bond donors (Lipinski definition) is 1. The number of nitrogens with one attached hydrogen (secondary N) is 1. The summed E-state index contributed by atoms with van der Waals surface area (Å²) in [5, 5.41) is 2.75. The SMILES string of the molecule is CC(C)CNC(=O)C1CSCN1S(=O)(=O)c1ccccc1S(C)(=O)=O. The maximum absolute atomic E-state index is 13.0. The Kier molecular flexibility index (Phi) is 6.18. The van der Waals surface area contributed by atoms with Gasteiger partial charge in [0.25, 0.3) is 0 Å². The van der Waals surface area contributed by atoms with Crippen LogP contribution in [0.25, 0.3) is 0 Å². The van der Waals surface area contributed by atoms with E-state index >= 15 is 0 Å². The molecule has 0 saturated carbocycles. The molecule has 1 aromatic rings. The molecule has 1 saturated heterocycles. The number of carbonyl (C=O) groups is 1. The van der Waals surface area contributed by atoms with Crippen LogP contribution in [-0.4, -0.2) is 57.5 Å². The second-order valence-electron chi connectivity index (χ2n) is 6.27. The minimum Gasteiger partial charge on any atom is -0.354 e. The van der Waals surface area contributed by atoms with Gasteiger partial charge in [-0.25, -0.2) is 16.8 Å². The van der Waals surface area contributed by atoms with E-state index in [1.54, 1.807) is 0 Å². The van der Waals surface area contributed by atoms with E-state index in [0.29, 0.717) is 12.3 Å². The zero-order valence-electron chi connectivity index (χ0n) is 14.3. The van der Waals surface area contributed by atoms with Gasteiger partial charge >= 0.3 is 0 Å². The number of hydrogen-bond acceptors (Lipinski definition) is 6. The van der Waals surface area contributed by atoms with Crippen molar-refractivity contribution in [2.75, 3.05) is 24.4 Å². The molecule has 0 spiro atoms. The summed E-state index contributed by atoms with van der Waals surface area (Å²) in [6, 6.07) is 4.62. The molecule has 1 aliphatic rings. The first-order valence-corrected chi connectivity index (χ1v) is 12.2. The van der Waals surface area contributed by atoms with Gasteiger partial charge in [-0.2, -0.15) is 4.31 Å². The van der Waals surface area contributed by atoms with E-state index in [2.05, 4.69) is 5.32 Å². The van der Waals surface area contributed by atoms with Crippen molar-refractivity contribution in [3.8, 4) is 0 Å². The Morgan fingerprint density at radius 2 is 1.84 bits per heavy atom. The molecule has 2 rings (SSSR count). The number of benzene rings is 1. The lowest BCUT2D eigenvalue weighted by Crippen LogP contribution is -2.48. The molecule has 25 heavy (non-hydrogen) atoms. The molecule has 0 bridgehead atoms. The molecular formula is C15H22N2O5S3. The monoisotopic (exact) mass is 406 g/mol. The number of sulfonamides is 1. The van der Waals surface area contributed by atoms with Crippen molar-refractivity contribution in [2.45, 2.75) is 29.7 Å². The summed E-state index contributed by atoms with van der Waals surface area (Å²) in [5.41, 5.74) is 0. The van der Waals surface area contributed by atoms with E-state index in [4.69, 9.17) is 0 Å². The molecule has 10 heteroatoms. The number of nitrogens with zero attached hydrogens (tertiary/aromatic N) is 1. The van der Waals surface area contributed by atoms with E-state index in [1.807, 2.05) is 13.8 Å². The number of thioether (sulfide) groups is 1. The van der Waals surface area contributed by atoms with Gasteiger partial charge in [-0.05, 0) is 18.1 Å². The lowest BCUT2D eigenvalue weighted by Gasteiger charge is -2.23. The standard InChI is InChI=1S/C15H22N2O5S3/c1-11(2)8-16-15(18)12-9-23-10-17(12)25(21,22)14-7-5-4-6-13(14)24(3,19)20/h4-7,11-12H,8-10H2,1-3H3,(H,16,18). The predicted molar refractivity (Wildman–Crippen MR) is 97.5 cm³/mol. The second kappa shape index (κ2) is 7.65. The average Bonchev–Trinajstić information content (AvgIpc) is 3.02. The fourth-order valence-electron chi connectivity index (χ4n) is 2.39. The molecule has 0 aromatic heterocycles. The molecule has 0 radical (unpaired) electrons. The van der Waals surface area contributed by atoms with Crippen LogP contribution in [0.4, 0.5) is 0 Å². The molecule has 7 nitrogen and oxygen atoms in total. The quantitative estimate of drug-likeness (QED) is 0.754. The van der Waals surface area contributed by atoms with Crippen LogP contribution in [0.5, 0.6) is 0 Å². The molecular weight excluding hydrogens is 384 g/mol. The van der Waals surface area contributed by atoms with Crippen LogP contribution in [-0.2, 0) is 24.7 Å². The molecule has 140 valence electrons. The number of amides is 1. The molecule has 1 aromatic carbocycles. The molecule has 1 atom stereocenters. The van der Waals surface area contributed by atoms with Gasteiger partial charge in [-0.3, -0.25) is 4.79 Å². The highest BCUT2D eigenvalue weighted by Gasteiger charge is 2.41. The largest absolute Gasteiger partial charge is 0.354 e. The summed E-state index contributed by atoms with van der Waals surface area (Å²) < 4.78 is 51.0. The fraction of sp³-hybridized carbons (Fsp3) is 0.533. The van der Waals surface area contributed by atoms with Gasteiger partial charge in [0, 0.05) is 18.6 Å². The Balaban J connectivity index is 2.38. The van der Waals surface area contributed by atoms with Crippen molar-refractivity contribution in [1.82, 2.24) is 9.62 Å². The predicted octanol–water partition coefficient (Wildman–Crippen LogP) is 0.926. The number of rotatable bonds is 6. The highest BCUT2D eigenvalue weighted by molar-refractivity contribution is 8.00. The van der Waals surface area contributed by atoms with E-state index < -0.39 is 25.9 Å². The molecule has 1 heterocycles. The molecule has 1 N–H and O–H groups in total. The summed E-state index contributed by atoms with van der Waals surface area (Å²) >= 11 is 1.32. The maximum Gasteiger partial charge on any atom is 0.245 e. The van der Waals surface area contributed by atoms with Gasteiger partial charge in [0.15, 0.2) is 9.84 Å². The van der Waals surface area contributed by atoms with Crippen molar-refractivity contribution in [3.05, 3.63) is 24.3 Å². The van der Waals surface area contributed by atoms with Crippen LogP contribution in [0.3, 0.4) is 0 Å². The lowest BCUT2D eigenvalue weighted by molar-refractivity contribution is -0.123. The topological polar surface area (TPSA) is 101 Å². The Hall–Kier alpha value is -1.10. The van der Waals surface area contributed by atoms with Crippen molar-refractivity contribution < 1.29 is 21.6 Å². The zero-order valence-corrected chi connectivity index (χ0v) is 16.7. The zero-order chi connectivity index (χ0) is 18.8. The highest BCUT2D eigenvalue weighted by atomic mass is 32.2.